The van der Waals surface area contributed by atoms with Crippen LogP contribution in [0.1, 0.15) is 40.5 Å². The molecule has 0 bridgehead atoms. The normalized spacial score (nSPS) is 11.0. The average Bonchev–Trinajstić information content (AvgIpc) is 2.44. The molecule has 0 N–H and O–H groups in total. The number of benzene rings is 1. The molecule has 0 fully saturated rings. The summed E-state index contributed by atoms with van der Waals surface area (Å²) in [6.07, 6.45) is 1.76. The molecule has 0 heterocycles. The zero-order chi connectivity index (χ0) is 15.9. The van der Waals surface area contributed by atoms with Crippen LogP contribution in [0, 0.1) is 0 Å². The number of carbonyl (C=O) groups is 2. The Morgan fingerprint density at radius 1 is 1.00 bits per heavy atom. The van der Waals surface area contributed by atoms with Crippen LogP contribution in [0.3, 0.4) is 0 Å². The third-order valence-corrected chi connectivity index (χ3v) is 2.78. The van der Waals surface area contributed by atoms with Gasteiger partial charge in [-0.2, -0.15) is 0 Å². The van der Waals surface area contributed by atoms with E-state index in [1.54, 1.807) is 0 Å². The molecule has 0 atom stereocenters. The molecule has 0 aliphatic heterocycles. The van der Waals surface area contributed by atoms with Gasteiger partial charge in [0.25, 0.3) is 0 Å². The Morgan fingerprint density at radius 2 is 1.48 bits per heavy atom. The Balaban J connectivity index is 2.57. The van der Waals surface area contributed by atoms with Crippen molar-refractivity contribution in [3.63, 3.8) is 0 Å². The maximum Gasteiger partial charge on any atom is 0.338 e. The topological polar surface area (TPSA) is 52.6 Å². The van der Waals surface area contributed by atoms with Gasteiger partial charge in [0, 0.05) is 0 Å². The van der Waals surface area contributed by atoms with Crippen LogP contribution in [0.5, 0.6) is 0 Å². The Labute approximate surface area is 138 Å². The average molecular weight is 354 g/mol. The van der Waals surface area contributed by atoms with E-state index in [9.17, 15) is 9.59 Å². The highest BCUT2D eigenvalue weighted by Crippen LogP contribution is 2.26. The van der Waals surface area contributed by atoms with E-state index in [1.807, 2.05) is 6.92 Å². The summed E-state index contributed by atoms with van der Waals surface area (Å²) >= 11 is 16.5. The van der Waals surface area contributed by atoms with Crippen molar-refractivity contribution in [1.82, 2.24) is 0 Å². The molecule has 0 saturated heterocycles. The summed E-state index contributed by atoms with van der Waals surface area (Å²) in [4.78, 5) is 23.3. The lowest BCUT2D eigenvalue weighted by Crippen LogP contribution is -2.17. The Kier molecular flexibility index (Phi) is 7.29. The zero-order valence-corrected chi connectivity index (χ0v) is 13.7. The summed E-state index contributed by atoms with van der Waals surface area (Å²) in [6.45, 7) is 2.03. The number of esters is 2. The van der Waals surface area contributed by atoms with E-state index in [1.165, 1.54) is 24.3 Å². The molecule has 0 spiro atoms. The van der Waals surface area contributed by atoms with Gasteiger partial charge < -0.3 is 9.47 Å². The quantitative estimate of drug-likeness (QED) is 0.437. The maximum absolute atomic E-state index is 11.7. The number of hydrogen-bond donors (Lipinski definition) is 0. The highest BCUT2D eigenvalue weighted by molar-refractivity contribution is 6.67. The molecule has 1 aromatic rings. The number of ether oxygens (including phenoxy) is 2. The van der Waals surface area contributed by atoms with Crippen molar-refractivity contribution >= 4 is 46.7 Å². The lowest BCUT2D eigenvalue weighted by Gasteiger charge is -2.11. The number of alkyl halides is 3. The van der Waals surface area contributed by atoms with Gasteiger partial charge in [-0.25, -0.2) is 9.59 Å². The number of rotatable bonds is 6. The first-order valence-corrected chi connectivity index (χ1v) is 7.48. The maximum atomic E-state index is 11.7. The minimum absolute atomic E-state index is 0.259. The van der Waals surface area contributed by atoms with E-state index in [2.05, 4.69) is 0 Å². The van der Waals surface area contributed by atoms with Gasteiger partial charge >= 0.3 is 11.9 Å². The summed E-state index contributed by atoms with van der Waals surface area (Å²) in [5.41, 5.74) is 0.624. The van der Waals surface area contributed by atoms with E-state index in [0.29, 0.717) is 12.2 Å². The van der Waals surface area contributed by atoms with Crippen molar-refractivity contribution in [2.45, 2.75) is 23.6 Å². The van der Waals surface area contributed by atoms with Gasteiger partial charge in [-0.05, 0) is 30.7 Å². The molecule has 1 rings (SSSR count). The third-order valence-electron chi connectivity index (χ3n) is 2.45. The van der Waals surface area contributed by atoms with Crippen LogP contribution < -0.4 is 0 Å². The molecule has 1 aromatic carbocycles. The monoisotopic (exact) mass is 352 g/mol. The van der Waals surface area contributed by atoms with Crippen LogP contribution in [0.25, 0.3) is 0 Å². The fourth-order valence-electron chi connectivity index (χ4n) is 1.37. The van der Waals surface area contributed by atoms with E-state index in [0.717, 1.165) is 12.8 Å². The molecule has 0 saturated carbocycles. The highest BCUT2D eigenvalue weighted by atomic mass is 35.6. The molecular weight excluding hydrogens is 339 g/mol. The molecule has 0 aliphatic carbocycles. The lowest BCUT2D eigenvalue weighted by molar-refractivity contribution is 0.0490. The molecule has 7 heteroatoms. The second-order valence-corrected chi connectivity index (χ2v) is 6.77. The van der Waals surface area contributed by atoms with Crippen molar-refractivity contribution in [3.8, 4) is 0 Å². The fourth-order valence-corrected chi connectivity index (χ4v) is 1.53. The molecule has 0 radical (unpaired) electrons. The van der Waals surface area contributed by atoms with Crippen molar-refractivity contribution in [1.29, 1.82) is 0 Å². The third kappa shape index (κ3) is 7.02. The van der Waals surface area contributed by atoms with Crippen LogP contribution in [0.15, 0.2) is 24.3 Å². The predicted molar refractivity (Wildman–Crippen MR) is 82.2 cm³/mol. The first-order valence-electron chi connectivity index (χ1n) is 6.34. The molecule has 0 aliphatic rings. The molecule has 0 aromatic heterocycles. The van der Waals surface area contributed by atoms with Gasteiger partial charge in [0.15, 0.2) is 0 Å². The molecule has 0 amide bonds. The number of unbranched alkanes of at least 4 members (excludes halogenated alkanes) is 1. The van der Waals surface area contributed by atoms with Gasteiger partial charge in [0.05, 0.1) is 17.7 Å². The van der Waals surface area contributed by atoms with Crippen molar-refractivity contribution in [3.05, 3.63) is 35.4 Å². The minimum Gasteiger partial charge on any atom is -0.462 e. The second-order valence-electron chi connectivity index (χ2n) is 4.26. The van der Waals surface area contributed by atoms with Crippen molar-refractivity contribution < 1.29 is 19.1 Å². The molecule has 21 heavy (non-hydrogen) atoms. The minimum atomic E-state index is -1.65. The second kappa shape index (κ2) is 8.47. The lowest BCUT2D eigenvalue weighted by atomic mass is 10.1. The predicted octanol–water partition coefficient (Wildman–Crippen LogP) is 4.17. The first-order chi connectivity index (χ1) is 9.83. The van der Waals surface area contributed by atoms with E-state index >= 15 is 0 Å². The summed E-state index contributed by atoms with van der Waals surface area (Å²) in [5, 5.41) is 0. The SMILES string of the molecule is CCCCOC(=O)c1ccc(C(=O)OCC(Cl)(Cl)Cl)cc1. The molecule has 116 valence electrons. The number of hydrogen-bond acceptors (Lipinski definition) is 4. The Bertz CT molecular complexity index is 480. The summed E-state index contributed by atoms with van der Waals surface area (Å²) in [5.74, 6) is -1.06. The van der Waals surface area contributed by atoms with Gasteiger partial charge in [-0.1, -0.05) is 48.1 Å². The summed E-state index contributed by atoms with van der Waals surface area (Å²) < 4.78 is 8.22. The van der Waals surface area contributed by atoms with Gasteiger partial charge in [0.1, 0.15) is 6.61 Å². The summed E-state index contributed by atoms with van der Waals surface area (Å²) in [7, 11) is 0. The highest BCUT2D eigenvalue weighted by Gasteiger charge is 2.22. The van der Waals surface area contributed by atoms with Gasteiger partial charge in [0.2, 0.25) is 3.79 Å². The van der Waals surface area contributed by atoms with Crippen molar-refractivity contribution in [2.75, 3.05) is 13.2 Å². The van der Waals surface area contributed by atoms with E-state index < -0.39 is 15.7 Å². The van der Waals surface area contributed by atoms with Crippen LogP contribution >= 0.6 is 34.8 Å². The van der Waals surface area contributed by atoms with E-state index in [-0.39, 0.29) is 12.2 Å². The Morgan fingerprint density at radius 3 is 1.90 bits per heavy atom. The largest absolute Gasteiger partial charge is 0.462 e. The fraction of sp³-hybridized carbons (Fsp3) is 0.429. The summed E-state index contributed by atoms with van der Waals surface area (Å²) in [6, 6.07) is 5.88. The van der Waals surface area contributed by atoms with Crippen LogP contribution in [0.4, 0.5) is 0 Å². The van der Waals surface area contributed by atoms with Crippen LogP contribution in [-0.4, -0.2) is 28.9 Å². The first kappa shape index (κ1) is 18.1. The standard InChI is InChI=1S/C14H15Cl3O4/c1-2-3-8-20-12(18)10-4-6-11(7-5-10)13(19)21-9-14(15,16)17/h4-7H,2-3,8-9H2,1H3. The molecule has 0 unspecified atom stereocenters. The zero-order valence-electron chi connectivity index (χ0n) is 11.4. The number of halogens is 3. The van der Waals surface area contributed by atoms with Gasteiger partial charge in [-0.3, -0.25) is 0 Å². The van der Waals surface area contributed by atoms with Crippen molar-refractivity contribution in [2.24, 2.45) is 0 Å². The smallest absolute Gasteiger partial charge is 0.338 e. The van der Waals surface area contributed by atoms with Crippen LogP contribution in [0.2, 0.25) is 0 Å². The van der Waals surface area contributed by atoms with Crippen LogP contribution in [-0.2, 0) is 9.47 Å². The Hall–Kier alpha value is -0.970. The molecule has 4 nitrogen and oxygen atoms in total. The number of carbonyl (C=O) groups excluding carboxylic acids is 2. The molecular formula is C14H15Cl3O4. The van der Waals surface area contributed by atoms with E-state index in [4.69, 9.17) is 44.3 Å². The van der Waals surface area contributed by atoms with Gasteiger partial charge in [-0.15, -0.1) is 0 Å².